The predicted octanol–water partition coefficient (Wildman–Crippen LogP) is 2.75. The third-order valence-corrected chi connectivity index (χ3v) is 9.73. The molecule has 2 aromatic rings. The van der Waals surface area contributed by atoms with Crippen LogP contribution in [0.4, 0.5) is 0 Å². The molecule has 0 radical (unpaired) electrons. The molecular formula is C28H35N3O5S. The van der Waals surface area contributed by atoms with E-state index in [1.54, 1.807) is 45.6 Å². The van der Waals surface area contributed by atoms with E-state index < -0.39 is 10.0 Å². The molecular weight excluding hydrogens is 490 g/mol. The Hall–Kier alpha value is -2.75. The summed E-state index contributed by atoms with van der Waals surface area (Å²) in [6.07, 6.45) is 0. The van der Waals surface area contributed by atoms with Crippen molar-refractivity contribution in [1.29, 1.82) is 0 Å². The van der Waals surface area contributed by atoms with Crippen LogP contribution in [0.2, 0.25) is 0 Å². The first-order valence-electron chi connectivity index (χ1n) is 12.9. The summed E-state index contributed by atoms with van der Waals surface area (Å²) in [5.74, 6) is 0.611. The summed E-state index contributed by atoms with van der Waals surface area (Å²) in [5, 5.41) is 2.99. The van der Waals surface area contributed by atoms with E-state index in [0.29, 0.717) is 67.9 Å². The van der Waals surface area contributed by atoms with Crippen LogP contribution in [0.3, 0.4) is 0 Å². The van der Waals surface area contributed by atoms with Crippen molar-refractivity contribution in [2.45, 2.75) is 31.1 Å². The van der Waals surface area contributed by atoms with Crippen molar-refractivity contribution >= 4 is 21.8 Å². The summed E-state index contributed by atoms with van der Waals surface area (Å²) in [6, 6.07) is 13.9. The summed E-state index contributed by atoms with van der Waals surface area (Å²) < 4.78 is 33.1. The fraction of sp³-hybridized carbons (Fsp3) is 0.500. The predicted molar refractivity (Wildman–Crippen MR) is 140 cm³/mol. The summed E-state index contributed by atoms with van der Waals surface area (Å²) in [4.78, 5) is 27.3. The van der Waals surface area contributed by atoms with Gasteiger partial charge in [0.2, 0.25) is 10.0 Å². The number of piperidine rings is 1. The fourth-order valence-electron chi connectivity index (χ4n) is 5.41. The lowest BCUT2D eigenvalue weighted by molar-refractivity contribution is 0.0303. The standard InChI is InChI=1S/C28H35N3O5S/c1-28(2,3)21-8-10-22(11-9-21)37(34,35)31-17-24-23(25(24)18-31)16-29-26(32)19-4-6-20(7-5-19)27(33)30-12-14-36-15-13-30/h4-11,23-25H,12-18H2,1-3H3,(H,29,32). The summed E-state index contributed by atoms with van der Waals surface area (Å²) in [7, 11) is -3.51. The zero-order chi connectivity index (χ0) is 26.4. The summed E-state index contributed by atoms with van der Waals surface area (Å²) in [6.45, 7) is 10.1. The number of rotatable bonds is 6. The van der Waals surface area contributed by atoms with E-state index in [0.717, 1.165) is 5.56 Å². The molecule has 2 amide bonds. The van der Waals surface area contributed by atoms with Crippen molar-refractivity contribution in [2.75, 3.05) is 45.9 Å². The van der Waals surface area contributed by atoms with Crippen LogP contribution >= 0.6 is 0 Å². The highest BCUT2D eigenvalue weighted by atomic mass is 32.2. The van der Waals surface area contributed by atoms with E-state index >= 15 is 0 Å². The minimum atomic E-state index is -3.51. The molecule has 2 aliphatic heterocycles. The van der Waals surface area contributed by atoms with Crippen LogP contribution in [0, 0.1) is 17.8 Å². The number of amides is 2. The molecule has 9 heteroatoms. The minimum absolute atomic E-state index is 0.0302. The van der Waals surface area contributed by atoms with Gasteiger partial charge in [0.25, 0.3) is 11.8 Å². The second-order valence-corrected chi connectivity index (χ2v) is 13.2. The molecule has 2 aromatic carbocycles. The average Bonchev–Trinajstić information content (AvgIpc) is 3.34. The second kappa shape index (κ2) is 9.85. The average molecular weight is 526 g/mol. The first kappa shape index (κ1) is 25.9. The molecule has 0 bridgehead atoms. The van der Waals surface area contributed by atoms with Gasteiger partial charge >= 0.3 is 0 Å². The van der Waals surface area contributed by atoms with E-state index in [-0.39, 0.29) is 29.1 Å². The van der Waals surface area contributed by atoms with Crippen LogP contribution in [0.25, 0.3) is 0 Å². The molecule has 0 aromatic heterocycles. The van der Waals surface area contributed by atoms with Crippen LogP contribution < -0.4 is 5.32 Å². The van der Waals surface area contributed by atoms with Gasteiger partial charge in [-0.3, -0.25) is 9.59 Å². The van der Waals surface area contributed by atoms with Crippen LogP contribution in [0.1, 0.15) is 47.1 Å². The van der Waals surface area contributed by atoms with Gasteiger partial charge in [-0.25, -0.2) is 8.42 Å². The Bertz CT molecular complexity index is 1250. The third kappa shape index (κ3) is 5.30. The zero-order valence-electron chi connectivity index (χ0n) is 21.6. The number of morpholine rings is 1. The number of sulfonamides is 1. The SMILES string of the molecule is CC(C)(C)c1ccc(S(=O)(=O)N2CC3C(CNC(=O)c4ccc(C(=O)N5CCOCC5)cc4)C3C2)cc1. The monoisotopic (exact) mass is 525 g/mol. The van der Waals surface area contributed by atoms with E-state index in [1.807, 2.05) is 12.1 Å². The number of nitrogens with one attached hydrogen (secondary N) is 1. The van der Waals surface area contributed by atoms with Gasteiger partial charge in [-0.1, -0.05) is 32.9 Å². The van der Waals surface area contributed by atoms with Crippen LogP contribution in [-0.2, 0) is 20.2 Å². The van der Waals surface area contributed by atoms with E-state index in [1.165, 1.54) is 0 Å². The second-order valence-electron chi connectivity index (χ2n) is 11.3. The maximum Gasteiger partial charge on any atom is 0.254 e. The van der Waals surface area contributed by atoms with Crippen molar-refractivity contribution < 1.29 is 22.7 Å². The number of fused-ring (bicyclic) bond motifs is 1. The summed E-state index contributed by atoms with van der Waals surface area (Å²) in [5.41, 5.74) is 2.14. The van der Waals surface area contributed by atoms with Gasteiger partial charge in [0.05, 0.1) is 18.1 Å². The topological polar surface area (TPSA) is 96.0 Å². The molecule has 198 valence electrons. The number of hydrogen-bond donors (Lipinski definition) is 1. The number of carbonyl (C=O) groups is 2. The number of benzene rings is 2. The third-order valence-electron chi connectivity index (χ3n) is 7.89. The van der Waals surface area contributed by atoms with Crippen molar-refractivity contribution in [1.82, 2.24) is 14.5 Å². The van der Waals surface area contributed by atoms with E-state index in [9.17, 15) is 18.0 Å². The van der Waals surface area contributed by atoms with E-state index in [2.05, 4.69) is 26.1 Å². The maximum atomic E-state index is 13.1. The molecule has 2 heterocycles. The van der Waals surface area contributed by atoms with Gasteiger partial charge in [-0.2, -0.15) is 4.31 Å². The molecule has 5 rings (SSSR count). The zero-order valence-corrected chi connectivity index (χ0v) is 22.5. The molecule has 2 unspecified atom stereocenters. The minimum Gasteiger partial charge on any atom is -0.378 e. The molecule has 2 atom stereocenters. The largest absolute Gasteiger partial charge is 0.378 e. The van der Waals surface area contributed by atoms with Gasteiger partial charge in [0.1, 0.15) is 0 Å². The normalized spacial score (nSPS) is 24.0. The lowest BCUT2D eigenvalue weighted by Crippen LogP contribution is -2.40. The Morgan fingerprint density at radius 3 is 2.05 bits per heavy atom. The maximum absolute atomic E-state index is 13.1. The lowest BCUT2D eigenvalue weighted by Gasteiger charge is -2.26. The molecule has 3 aliphatic rings. The highest BCUT2D eigenvalue weighted by Crippen LogP contribution is 2.52. The van der Waals surface area contributed by atoms with Crippen molar-refractivity contribution in [3.05, 3.63) is 65.2 Å². The molecule has 1 N–H and O–H groups in total. The van der Waals surface area contributed by atoms with Gasteiger partial charge < -0.3 is 15.0 Å². The summed E-state index contributed by atoms with van der Waals surface area (Å²) >= 11 is 0. The Kier molecular flexibility index (Phi) is 6.89. The Balaban J connectivity index is 1.11. The number of carbonyl (C=O) groups excluding carboxylic acids is 2. The lowest BCUT2D eigenvalue weighted by atomic mass is 9.87. The fourth-order valence-corrected chi connectivity index (χ4v) is 6.93. The highest BCUT2D eigenvalue weighted by molar-refractivity contribution is 7.89. The quantitative estimate of drug-likeness (QED) is 0.626. The molecule has 3 fully saturated rings. The first-order valence-corrected chi connectivity index (χ1v) is 14.4. The Morgan fingerprint density at radius 2 is 1.49 bits per heavy atom. The number of nitrogens with zero attached hydrogens (tertiary/aromatic N) is 2. The van der Waals surface area contributed by atoms with Crippen molar-refractivity contribution in [3.8, 4) is 0 Å². The van der Waals surface area contributed by atoms with Gasteiger partial charge in [0, 0.05) is 43.9 Å². The molecule has 0 spiro atoms. The van der Waals surface area contributed by atoms with Crippen LogP contribution in [0.5, 0.6) is 0 Å². The van der Waals surface area contributed by atoms with Crippen molar-refractivity contribution in [3.63, 3.8) is 0 Å². The molecule has 8 nitrogen and oxygen atoms in total. The Morgan fingerprint density at radius 1 is 0.919 bits per heavy atom. The van der Waals surface area contributed by atoms with Crippen LogP contribution in [-0.4, -0.2) is 75.4 Å². The molecule has 2 saturated heterocycles. The smallest absolute Gasteiger partial charge is 0.254 e. The molecule has 37 heavy (non-hydrogen) atoms. The van der Waals surface area contributed by atoms with Gasteiger partial charge in [-0.05, 0) is 65.1 Å². The number of hydrogen-bond acceptors (Lipinski definition) is 5. The van der Waals surface area contributed by atoms with Gasteiger partial charge in [0.15, 0.2) is 0 Å². The Labute approximate surface area is 219 Å². The van der Waals surface area contributed by atoms with Crippen molar-refractivity contribution in [2.24, 2.45) is 17.8 Å². The van der Waals surface area contributed by atoms with Crippen LogP contribution in [0.15, 0.2) is 53.4 Å². The van der Waals surface area contributed by atoms with Gasteiger partial charge in [-0.15, -0.1) is 0 Å². The van der Waals surface area contributed by atoms with E-state index in [4.69, 9.17) is 4.74 Å². The molecule has 1 aliphatic carbocycles. The first-order chi connectivity index (χ1) is 17.6. The number of ether oxygens (including phenoxy) is 1. The molecule has 1 saturated carbocycles. The highest BCUT2D eigenvalue weighted by Gasteiger charge is 2.57.